The third-order valence-electron chi connectivity index (χ3n) is 4.20. The lowest BCUT2D eigenvalue weighted by Gasteiger charge is -2.19. The molecule has 0 saturated carbocycles. The molecule has 3 rings (SSSR count). The highest BCUT2D eigenvalue weighted by molar-refractivity contribution is 5.94. The molecule has 2 heterocycles. The van der Waals surface area contributed by atoms with Crippen LogP contribution in [0.1, 0.15) is 42.4 Å². The summed E-state index contributed by atoms with van der Waals surface area (Å²) < 4.78 is 0. The molecule has 1 amide bonds. The number of nitrogens with one attached hydrogen (secondary N) is 2. The van der Waals surface area contributed by atoms with E-state index in [2.05, 4.69) is 53.5 Å². The number of amides is 1. The van der Waals surface area contributed by atoms with Gasteiger partial charge in [-0.25, -0.2) is 0 Å². The Morgan fingerprint density at radius 1 is 1.00 bits per heavy atom. The predicted octanol–water partition coefficient (Wildman–Crippen LogP) is 4.45. The molecule has 2 aromatic heterocycles. The molecule has 0 spiro atoms. The summed E-state index contributed by atoms with van der Waals surface area (Å²) in [6.07, 6.45) is 4.97. The van der Waals surface area contributed by atoms with E-state index in [9.17, 15) is 4.79 Å². The van der Waals surface area contributed by atoms with Gasteiger partial charge >= 0.3 is 0 Å². The van der Waals surface area contributed by atoms with Crippen LogP contribution in [0.25, 0.3) is 0 Å². The Morgan fingerprint density at radius 2 is 1.78 bits per heavy atom. The number of aromatic nitrogens is 2. The Hall–Kier alpha value is -3.21. The number of pyridine rings is 2. The van der Waals surface area contributed by atoms with Gasteiger partial charge < -0.3 is 10.6 Å². The van der Waals surface area contributed by atoms with Gasteiger partial charge in [0.2, 0.25) is 0 Å². The monoisotopic (exact) mass is 360 g/mol. The highest BCUT2D eigenvalue weighted by Gasteiger charge is 2.13. The second-order valence-corrected chi connectivity index (χ2v) is 7.42. The maximum atomic E-state index is 12.4. The topological polar surface area (TPSA) is 66.9 Å². The molecule has 0 unspecified atom stereocenters. The molecular weight excluding hydrogens is 336 g/mol. The van der Waals surface area contributed by atoms with E-state index >= 15 is 0 Å². The van der Waals surface area contributed by atoms with Crippen molar-refractivity contribution in [3.63, 3.8) is 0 Å². The van der Waals surface area contributed by atoms with Gasteiger partial charge in [0, 0.05) is 18.1 Å². The average Bonchev–Trinajstić information content (AvgIpc) is 2.67. The summed E-state index contributed by atoms with van der Waals surface area (Å²) in [5.41, 5.74) is 4.43. The van der Waals surface area contributed by atoms with E-state index < -0.39 is 0 Å². The van der Waals surface area contributed by atoms with Crippen molar-refractivity contribution in [1.82, 2.24) is 15.3 Å². The van der Waals surface area contributed by atoms with E-state index in [0.29, 0.717) is 12.1 Å². The number of hydrogen-bond donors (Lipinski definition) is 2. The summed E-state index contributed by atoms with van der Waals surface area (Å²) in [5, 5.41) is 6.16. The minimum absolute atomic E-state index is 0.117. The SMILES string of the molecule is CC(C)(C)c1ccc(Nc2cncc(C(=O)NCc3ccccn3)c2)cc1. The van der Waals surface area contributed by atoms with Crippen molar-refractivity contribution in [3.8, 4) is 0 Å². The van der Waals surface area contributed by atoms with Crippen molar-refractivity contribution < 1.29 is 4.79 Å². The van der Waals surface area contributed by atoms with Crippen molar-refractivity contribution in [2.24, 2.45) is 0 Å². The summed E-state index contributed by atoms with van der Waals surface area (Å²) >= 11 is 0. The van der Waals surface area contributed by atoms with Crippen LogP contribution in [-0.4, -0.2) is 15.9 Å². The van der Waals surface area contributed by atoms with Gasteiger partial charge in [-0.15, -0.1) is 0 Å². The average molecular weight is 360 g/mol. The van der Waals surface area contributed by atoms with Gasteiger partial charge in [0.1, 0.15) is 0 Å². The number of benzene rings is 1. The Morgan fingerprint density at radius 3 is 2.44 bits per heavy atom. The van der Waals surface area contributed by atoms with Gasteiger partial charge in [-0.05, 0) is 41.3 Å². The first-order valence-corrected chi connectivity index (χ1v) is 8.92. The van der Waals surface area contributed by atoms with Crippen LogP contribution in [0.4, 0.5) is 11.4 Å². The van der Waals surface area contributed by atoms with E-state index in [4.69, 9.17) is 0 Å². The lowest BCUT2D eigenvalue weighted by molar-refractivity contribution is 0.0950. The predicted molar refractivity (Wildman–Crippen MR) is 108 cm³/mol. The van der Waals surface area contributed by atoms with E-state index in [-0.39, 0.29) is 11.3 Å². The number of rotatable bonds is 5. The molecule has 5 nitrogen and oxygen atoms in total. The molecule has 0 fully saturated rings. The Balaban J connectivity index is 1.65. The zero-order chi connectivity index (χ0) is 19.3. The number of nitrogens with zero attached hydrogens (tertiary/aromatic N) is 2. The van der Waals surface area contributed by atoms with Gasteiger partial charge in [0.25, 0.3) is 5.91 Å². The van der Waals surface area contributed by atoms with Crippen LogP contribution in [0, 0.1) is 0 Å². The fourth-order valence-electron chi connectivity index (χ4n) is 2.63. The first kappa shape index (κ1) is 18.6. The van der Waals surface area contributed by atoms with Gasteiger partial charge in [-0.1, -0.05) is 39.0 Å². The summed E-state index contributed by atoms with van der Waals surface area (Å²) in [6.45, 7) is 6.94. The third kappa shape index (κ3) is 5.14. The molecule has 0 saturated heterocycles. The van der Waals surface area contributed by atoms with E-state index in [1.165, 1.54) is 5.56 Å². The number of hydrogen-bond acceptors (Lipinski definition) is 4. The zero-order valence-electron chi connectivity index (χ0n) is 15.9. The van der Waals surface area contributed by atoms with Crippen molar-refractivity contribution >= 4 is 17.3 Å². The normalized spacial score (nSPS) is 11.1. The van der Waals surface area contributed by atoms with Crippen LogP contribution in [-0.2, 0) is 12.0 Å². The maximum absolute atomic E-state index is 12.4. The molecule has 0 aliphatic carbocycles. The van der Waals surface area contributed by atoms with Gasteiger partial charge in [-0.3, -0.25) is 14.8 Å². The summed E-state index contributed by atoms with van der Waals surface area (Å²) in [5.74, 6) is -0.181. The largest absolute Gasteiger partial charge is 0.354 e. The van der Waals surface area contributed by atoms with E-state index in [1.54, 1.807) is 24.7 Å². The quantitative estimate of drug-likeness (QED) is 0.705. The number of carbonyl (C=O) groups excluding carboxylic acids is 1. The van der Waals surface area contributed by atoms with Crippen LogP contribution in [0.2, 0.25) is 0 Å². The lowest BCUT2D eigenvalue weighted by Crippen LogP contribution is -2.23. The van der Waals surface area contributed by atoms with Crippen LogP contribution in [0.15, 0.2) is 67.1 Å². The first-order valence-electron chi connectivity index (χ1n) is 8.92. The Bertz CT molecular complexity index is 900. The van der Waals surface area contributed by atoms with Gasteiger partial charge in [0.15, 0.2) is 0 Å². The lowest BCUT2D eigenvalue weighted by atomic mass is 9.87. The fraction of sp³-hybridized carbons (Fsp3) is 0.227. The number of anilines is 2. The van der Waals surface area contributed by atoms with Crippen LogP contribution in [0.3, 0.4) is 0 Å². The summed E-state index contributed by atoms with van der Waals surface area (Å²) in [6, 6.07) is 15.7. The van der Waals surface area contributed by atoms with Crippen molar-refractivity contribution in [2.45, 2.75) is 32.7 Å². The molecule has 5 heteroatoms. The molecular formula is C22H24N4O. The van der Waals surface area contributed by atoms with Crippen molar-refractivity contribution in [1.29, 1.82) is 0 Å². The van der Waals surface area contributed by atoms with Crippen LogP contribution in [0.5, 0.6) is 0 Å². The summed E-state index contributed by atoms with van der Waals surface area (Å²) in [4.78, 5) is 20.7. The summed E-state index contributed by atoms with van der Waals surface area (Å²) in [7, 11) is 0. The van der Waals surface area contributed by atoms with Crippen molar-refractivity contribution in [3.05, 3.63) is 83.9 Å². The minimum atomic E-state index is -0.181. The zero-order valence-corrected chi connectivity index (χ0v) is 15.9. The maximum Gasteiger partial charge on any atom is 0.253 e. The molecule has 2 N–H and O–H groups in total. The molecule has 0 bridgehead atoms. The molecule has 0 atom stereocenters. The Labute approximate surface area is 159 Å². The minimum Gasteiger partial charge on any atom is -0.354 e. The molecule has 1 aromatic carbocycles. The van der Waals surface area contributed by atoms with Crippen LogP contribution >= 0.6 is 0 Å². The smallest absolute Gasteiger partial charge is 0.253 e. The molecule has 138 valence electrons. The van der Waals surface area contributed by atoms with Gasteiger partial charge in [0.05, 0.1) is 29.7 Å². The molecule has 0 radical (unpaired) electrons. The molecule has 27 heavy (non-hydrogen) atoms. The standard InChI is InChI=1S/C22H24N4O/c1-22(2,3)17-7-9-18(10-8-17)26-20-12-16(13-23-14-20)21(27)25-15-19-6-4-5-11-24-19/h4-14,26H,15H2,1-3H3,(H,25,27). The highest BCUT2D eigenvalue weighted by atomic mass is 16.1. The number of carbonyl (C=O) groups is 1. The highest BCUT2D eigenvalue weighted by Crippen LogP contribution is 2.25. The van der Waals surface area contributed by atoms with E-state index in [0.717, 1.165) is 17.1 Å². The van der Waals surface area contributed by atoms with Gasteiger partial charge in [-0.2, -0.15) is 0 Å². The first-order chi connectivity index (χ1) is 12.9. The Kier molecular flexibility index (Phi) is 5.50. The third-order valence-corrected chi connectivity index (χ3v) is 4.20. The van der Waals surface area contributed by atoms with Crippen LogP contribution < -0.4 is 10.6 Å². The second-order valence-electron chi connectivity index (χ2n) is 7.42. The molecule has 3 aromatic rings. The fourth-order valence-corrected chi connectivity index (χ4v) is 2.63. The molecule has 0 aliphatic rings. The van der Waals surface area contributed by atoms with Crippen molar-refractivity contribution in [2.75, 3.05) is 5.32 Å². The molecule has 0 aliphatic heterocycles. The van der Waals surface area contributed by atoms with E-state index in [1.807, 2.05) is 30.3 Å². The second kappa shape index (κ2) is 7.99.